The first-order chi connectivity index (χ1) is 35.1. The summed E-state index contributed by atoms with van der Waals surface area (Å²) in [7, 11) is 0. The second-order valence-electron chi connectivity index (χ2n) is 19.7. The Labute approximate surface area is 434 Å². The van der Waals surface area contributed by atoms with Gasteiger partial charge in [0.1, 0.15) is 54.9 Å². The van der Waals surface area contributed by atoms with Crippen molar-refractivity contribution in [2.75, 3.05) is 33.0 Å². The Hall–Kier alpha value is -2.31. The molecule has 72 heavy (non-hydrogen) atoms. The second-order valence-corrected chi connectivity index (χ2v) is 19.7. The molecule has 0 aromatic rings. The van der Waals surface area contributed by atoms with Crippen LogP contribution in [0.5, 0.6) is 0 Å². The van der Waals surface area contributed by atoms with Gasteiger partial charge in [0.25, 0.3) is 0 Å². The molecule has 0 radical (unpaired) electrons. The highest BCUT2D eigenvalue weighted by Crippen LogP contribution is 2.26. The van der Waals surface area contributed by atoms with Crippen LogP contribution in [0, 0.1) is 0 Å². The van der Waals surface area contributed by atoms with E-state index < -0.39 is 80.7 Å². The summed E-state index contributed by atoms with van der Waals surface area (Å²) in [6.07, 6.45) is 38.5. The molecule has 0 aromatic carbocycles. The Morgan fingerprint density at radius 2 is 0.903 bits per heavy atom. The topological polar surface area (TPSA) is 214 Å². The number of aliphatic hydroxyl groups is 7. The molecule has 11 atom stereocenters. The first kappa shape index (κ1) is 65.8. The average molecular weight is 1020 g/mol. The fourth-order valence-electron chi connectivity index (χ4n) is 8.72. The highest BCUT2D eigenvalue weighted by atomic mass is 16.7. The van der Waals surface area contributed by atoms with Crippen molar-refractivity contribution in [3.05, 3.63) is 60.8 Å². The number of unbranched alkanes of at least 4 members (excludes halogenated alkanes) is 21. The molecule has 0 aromatic heterocycles. The van der Waals surface area contributed by atoms with Crippen molar-refractivity contribution in [3.63, 3.8) is 0 Å². The lowest BCUT2D eigenvalue weighted by atomic mass is 9.98. The van der Waals surface area contributed by atoms with E-state index in [1.165, 1.54) is 83.5 Å². The van der Waals surface area contributed by atoms with Crippen molar-refractivity contribution >= 4 is 5.97 Å². The third-order valence-electron chi connectivity index (χ3n) is 13.3. The lowest BCUT2D eigenvalue weighted by Crippen LogP contribution is -2.61. The average Bonchev–Trinajstić information content (AvgIpc) is 3.38. The minimum Gasteiger partial charge on any atom is -0.457 e. The van der Waals surface area contributed by atoms with Crippen LogP contribution in [-0.2, 0) is 33.2 Å². The molecule has 2 fully saturated rings. The first-order valence-corrected chi connectivity index (χ1v) is 28.4. The minimum absolute atomic E-state index is 0.0512. The van der Waals surface area contributed by atoms with Gasteiger partial charge >= 0.3 is 5.97 Å². The molecule has 2 heterocycles. The van der Waals surface area contributed by atoms with E-state index >= 15 is 0 Å². The number of allylic oxidation sites excluding steroid dienone is 10. The molecule has 2 aliphatic heterocycles. The van der Waals surface area contributed by atoms with Crippen LogP contribution in [0.2, 0.25) is 0 Å². The Morgan fingerprint density at radius 3 is 1.42 bits per heavy atom. The van der Waals surface area contributed by atoms with Gasteiger partial charge in [-0.3, -0.25) is 4.79 Å². The Kier molecular flexibility index (Phi) is 41.1. The number of esters is 1. The molecule has 14 heteroatoms. The van der Waals surface area contributed by atoms with Crippen LogP contribution < -0.4 is 0 Å². The predicted molar refractivity (Wildman–Crippen MR) is 284 cm³/mol. The Bertz CT molecular complexity index is 1420. The smallest absolute Gasteiger partial charge is 0.306 e. The van der Waals surface area contributed by atoms with E-state index in [4.69, 9.17) is 28.4 Å². The highest BCUT2D eigenvalue weighted by Gasteiger charge is 2.47. The lowest BCUT2D eigenvalue weighted by Gasteiger charge is -2.42. The maximum atomic E-state index is 13.1. The number of hydrogen-bond acceptors (Lipinski definition) is 14. The van der Waals surface area contributed by atoms with Crippen molar-refractivity contribution in [1.29, 1.82) is 0 Å². The summed E-state index contributed by atoms with van der Waals surface area (Å²) in [4.78, 5) is 13.1. The van der Waals surface area contributed by atoms with Gasteiger partial charge in [0.2, 0.25) is 0 Å². The van der Waals surface area contributed by atoms with Crippen LogP contribution in [0.3, 0.4) is 0 Å². The summed E-state index contributed by atoms with van der Waals surface area (Å²) in [5, 5.41) is 72.3. The standard InChI is InChI=1S/C58H102O14/c1-3-5-7-9-11-13-15-17-19-21-22-23-24-25-26-28-30-32-34-36-38-40-42-67-44-47(70-50(60)41-39-37-35-33-31-29-27-20-18-16-14-12-10-8-6-4-2)45-68-57-56(66)54(64)52(62)49(72-57)46-69-58-55(65)53(63)51(61)48(43-59)71-58/h5,7,11,13,17,19,22-23,25-26,47-49,51-59,61-66H,3-4,6,8-10,12,14-16,18,20-21,24,27-46H2,1-2H3/b7-5-,13-11-,19-17-,23-22-,26-25-. The molecule has 2 rings (SSSR count). The van der Waals surface area contributed by atoms with E-state index in [9.17, 15) is 40.5 Å². The predicted octanol–water partition coefficient (Wildman–Crippen LogP) is 9.69. The third kappa shape index (κ3) is 31.5. The summed E-state index contributed by atoms with van der Waals surface area (Å²) < 4.78 is 34.4. The van der Waals surface area contributed by atoms with E-state index in [0.29, 0.717) is 13.0 Å². The number of ether oxygens (including phenoxy) is 6. The maximum Gasteiger partial charge on any atom is 0.306 e. The van der Waals surface area contributed by atoms with Gasteiger partial charge in [-0.1, -0.05) is 197 Å². The molecule has 0 spiro atoms. The van der Waals surface area contributed by atoms with Crippen molar-refractivity contribution < 1.29 is 69.0 Å². The quantitative estimate of drug-likeness (QED) is 0.0172. The summed E-state index contributed by atoms with van der Waals surface area (Å²) in [5.74, 6) is -0.381. The summed E-state index contributed by atoms with van der Waals surface area (Å²) in [5.41, 5.74) is 0. The van der Waals surface area contributed by atoms with Crippen molar-refractivity contribution in [3.8, 4) is 0 Å². The van der Waals surface area contributed by atoms with E-state index in [-0.39, 0.29) is 25.6 Å². The first-order valence-electron chi connectivity index (χ1n) is 28.4. The van der Waals surface area contributed by atoms with Gasteiger partial charge in [-0.15, -0.1) is 0 Å². The molecular weight excluding hydrogens is 921 g/mol. The third-order valence-corrected chi connectivity index (χ3v) is 13.3. The van der Waals surface area contributed by atoms with Gasteiger partial charge in [0.15, 0.2) is 12.6 Å². The van der Waals surface area contributed by atoms with Crippen LogP contribution in [0.4, 0.5) is 0 Å². The summed E-state index contributed by atoms with van der Waals surface area (Å²) in [6.45, 7) is 3.55. The van der Waals surface area contributed by atoms with Crippen LogP contribution in [0.25, 0.3) is 0 Å². The summed E-state index contributed by atoms with van der Waals surface area (Å²) >= 11 is 0. The zero-order valence-electron chi connectivity index (χ0n) is 44.7. The van der Waals surface area contributed by atoms with Gasteiger partial charge < -0.3 is 64.2 Å². The minimum atomic E-state index is -1.71. The molecule has 7 N–H and O–H groups in total. The molecule has 0 aliphatic carbocycles. The van der Waals surface area contributed by atoms with Gasteiger partial charge in [-0.2, -0.15) is 0 Å². The number of carbonyl (C=O) groups is 1. The van der Waals surface area contributed by atoms with Crippen molar-refractivity contribution in [1.82, 2.24) is 0 Å². The van der Waals surface area contributed by atoms with Gasteiger partial charge in [-0.25, -0.2) is 0 Å². The molecule has 418 valence electrons. The van der Waals surface area contributed by atoms with E-state index in [2.05, 4.69) is 74.6 Å². The number of aliphatic hydroxyl groups excluding tert-OH is 7. The molecule has 2 aliphatic rings. The van der Waals surface area contributed by atoms with Gasteiger partial charge in [0, 0.05) is 13.0 Å². The van der Waals surface area contributed by atoms with Crippen molar-refractivity contribution in [2.45, 2.75) is 268 Å². The van der Waals surface area contributed by atoms with Crippen LogP contribution >= 0.6 is 0 Å². The Balaban J connectivity index is 1.73. The molecule has 2 saturated heterocycles. The van der Waals surface area contributed by atoms with Crippen molar-refractivity contribution in [2.24, 2.45) is 0 Å². The highest BCUT2D eigenvalue weighted by molar-refractivity contribution is 5.69. The largest absolute Gasteiger partial charge is 0.457 e. The number of hydrogen-bond donors (Lipinski definition) is 7. The van der Waals surface area contributed by atoms with E-state index in [0.717, 1.165) is 89.9 Å². The molecule has 0 bridgehead atoms. The molecule has 0 saturated carbocycles. The SMILES string of the molecule is CC/C=C\C/C=C\C/C=C\C/C=C\C/C=C\CCCCCCCCOCC(COC1OC(COC2OC(CO)C(O)C(O)C2O)C(O)C(O)C1O)OC(=O)CCCCCCCCCCCCCCCCCC. The van der Waals surface area contributed by atoms with Crippen LogP contribution in [-0.4, -0.2) is 142 Å². The maximum absolute atomic E-state index is 13.1. The molecular formula is C58H102O14. The zero-order valence-corrected chi connectivity index (χ0v) is 44.7. The normalized spacial score (nSPS) is 25.6. The fraction of sp³-hybridized carbons (Fsp3) is 0.810. The van der Waals surface area contributed by atoms with Gasteiger partial charge in [-0.05, 0) is 57.8 Å². The zero-order chi connectivity index (χ0) is 52.3. The lowest BCUT2D eigenvalue weighted by molar-refractivity contribution is -0.332. The van der Waals surface area contributed by atoms with E-state index in [1.54, 1.807) is 0 Å². The van der Waals surface area contributed by atoms with Crippen LogP contribution in [0.1, 0.15) is 200 Å². The van der Waals surface area contributed by atoms with E-state index in [1.807, 2.05) is 0 Å². The Morgan fingerprint density at radius 1 is 0.472 bits per heavy atom. The molecule has 0 amide bonds. The molecule has 11 unspecified atom stereocenters. The fourth-order valence-corrected chi connectivity index (χ4v) is 8.72. The number of rotatable bonds is 45. The monoisotopic (exact) mass is 1020 g/mol. The van der Waals surface area contributed by atoms with Gasteiger partial charge in [0.05, 0.1) is 26.4 Å². The second kappa shape index (κ2) is 44.9. The summed E-state index contributed by atoms with van der Waals surface area (Å²) in [6, 6.07) is 0. The molecule has 14 nitrogen and oxygen atoms in total. The van der Waals surface area contributed by atoms with Crippen LogP contribution in [0.15, 0.2) is 60.8 Å². The number of carbonyl (C=O) groups excluding carboxylic acids is 1.